The quantitative estimate of drug-likeness (QED) is 0.795. The van der Waals surface area contributed by atoms with Crippen molar-refractivity contribution >= 4 is 17.7 Å². The van der Waals surface area contributed by atoms with Crippen LogP contribution in [0.25, 0.3) is 16.8 Å². The topological polar surface area (TPSA) is 80.4 Å². The molecule has 3 aliphatic heterocycles. The molecule has 4 atom stereocenters. The number of benzene rings is 1. The summed E-state index contributed by atoms with van der Waals surface area (Å²) < 4.78 is 0. The number of nitrogens with zero attached hydrogens (tertiary/aromatic N) is 6. The summed E-state index contributed by atoms with van der Waals surface area (Å²) in [4.78, 5) is 12.3. The van der Waals surface area contributed by atoms with Crippen molar-refractivity contribution < 1.29 is 0 Å². The minimum absolute atomic E-state index is 0.248. The van der Waals surface area contributed by atoms with Gasteiger partial charge in [-0.3, -0.25) is 5.01 Å². The van der Waals surface area contributed by atoms with Crippen LogP contribution in [-0.2, 0) is 0 Å². The highest BCUT2D eigenvalue weighted by Gasteiger charge is 2.34. The van der Waals surface area contributed by atoms with Crippen molar-refractivity contribution in [2.45, 2.75) is 12.5 Å². The van der Waals surface area contributed by atoms with Crippen molar-refractivity contribution in [1.29, 1.82) is 5.26 Å². The predicted octanol–water partition coefficient (Wildman–Crippen LogP) is 2.93. The first-order valence-electron chi connectivity index (χ1n) is 11.7. The summed E-state index contributed by atoms with van der Waals surface area (Å²) in [6.07, 6.45) is 11.8. The third kappa shape index (κ3) is 3.61. The Labute approximate surface area is 194 Å². The third-order valence-corrected chi connectivity index (χ3v) is 7.45. The molecule has 1 aliphatic carbocycles. The lowest BCUT2D eigenvalue weighted by Gasteiger charge is -2.34. The first-order valence-corrected chi connectivity index (χ1v) is 11.7. The summed E-state index contributed by atoms with van der Waals surface area (Å²) in [5, 5.41) is 19.2. The number of nitriles is 1. The average molecular weight is 438 g/mol. The van der Waals surface area contributed by atoms with Gasteiger partial charge in [0, 0.05) is 49.6 Å². The van der Waals surface area contributed by atoms with E-state index in [1.165, 1.54) is 6.42 Å². The Balaban J connectivity index is 1.39. The number of rotatable bonds is 3. The molecular formula is C26H27N7. The zero-order valence-corrected chi connectivity index (χ0v) is 18.7. The molecule has 1 aromatic heterocycles. The fourth-order valence-electron chi connectivity index (χ4n) is 5.51. The lowest BCUT2D eigenvalue weighted by Crippen LogP contribution is -2.41. The van der Waals surface area contributed by atoms with E-state index in [9.17, 15) is 5.26 Å². The molecule has 0 saturated carbocycles. The Morgan fingerprint density at radius 1 is 1.15 bits per heavy atom. The van der Waals surface area contributed by atoms with Gasteiger partial charge in [0.1, 0.15) is 0 Å². The third-order valence-electron chi connectivity index (χ3n) is 7.45. The van der Waals surface area contributed by atoms with Crippen molar-refractivity contribution in [3.63, 3.8) is 0 Å². The molecule has 7 heteroatoms. The summed E-state index contributed by atoms with van der Waals surface area (Å²) in [6, 6.07) is 10.2. The molecule has 2 saturated heterocycles. The van der Waals surface area contributed by atoms with Crippen LogP contribution in [-0.4, -0.2) is 60.5 Å². The second-order valence-electron chi connectivity index (χ2n) is 9.42. The van der Waals surface area contributed by atoms with Gasteiger partial charge < -0.3 is 10.2 Å². The van der Waals surface area contributed by atoms with Crippen LogP contribution in [0, 0.1) is 29.1 Å². The lowest BCUT2D eigenvalue weighted by atomic mass is 9.88. The number of aromatic nitrogens is 2. The Morgan fingerprint density at radius 3 is 2.85 bits per heavy atom. The zero-order chi connectivity index (χ0) is 22.4. The number of hydrazone groups is 1. The summed E-state index contributed by atoms with van der Waals surface area (Å²) in [5.41, 5.74) is 4.68. The van der Waals surface area contributed by atoms with E-state index in [0.29, 0.717) is 11.5 Å². The SMILES string of the molecule is CN1N=CC2C=C(c3cnc(N4CCC5CNCC5C4)nc3-c3ccc(C#N)cc3)C=CC21. The summed E-state index contributed by atoms with van der Waals surface area (Å²) in [7, 11) is 2.01. The van der Waals surface area contributed by atoms with E-state index in [0.717, 1.165) is 60.4 Å². The van der Waals surface area contributed by atoms with Crippen molar-refractivity contribution in [3.05, 3.63) is 59.8 Å². The van der Waals surface area contributed by atoms with Crippen LogP contribution in [0.5, 0.6) is 0 Å². The van der Waals surface area contributed by atoms with Crippen molar-refractivity contribution in [2.24, 2.45) is 22.9 Å². The fraction of sp³-hybridized carbons (Fsp3) is 0.385. The zero-order valence-electron chi connectivity index (χ0n) is 18.7. The largest absolute Gasteiger partial charge is 0.340 e. The molecule has 4 unspecified atom stereocenters. The molecule has 0 amide bonds. The van der Waals surface area contributed by atoms with E-state index in [1.54, 1.807) is 0 Å². The molecule has 0 spiro atoms. The normalized spacial score (nSPS) is 27.8. The second kappa shape index (κ2) is 8.13. The average Bonchev–Trinajstić information content (AvgIpc) is 3.49. The van der Waals surface area contributed by atoms with Crippen molar-refractivity contribution in [3.8, 4) is 17.3 Å². The van der Waals surface area contributed by atoms with Gasteiger partial charge in [-0.15, -0.1) is 0 Å². The molecule has 4 aliphatic rings. The van der Waals surface area contributed by atoms with Crippen LogP contribution in [0.1, 0.15) is 17.5 Å². The maximum atomic E-state index is 9.23. The van der Waals surface area contributed by atoms with Gasteiger partial charge in [0.15, 0.2) is 0 Å². The maximum Gasteiger partial charge on any atom is 0.225 e. The standard InChI is InChI=1S/C26H27N7/c1-32-24-7-6-19(10-21(24)14-30-32)23-15-29-26(33-9-8-20-12-28-13-22(20)16-33)31-25(23)18-4-2-17(11-27)3-5-18/h2-7,10,14-15,20-22,24,28H,8-9,12-13,16H2,1H3. The first kappa shape index (κ1) is 20.1. The molecular weight excluding hydrogens is 410 g/mol. The number of allylic oxidation sites excluding steroid dienone is 2. The Bertz CT molecular complexity index is 1190. The van der Waals surface area contributed by atoms with Gasteiger partial charge >= 0.3 is 0 Å². The van der Waals surface area contributed by atoms with Crippen LogP contribution in [0.2, 0.25) is 0 Å². The molecule has 0 radical (unpaired) electrons. The van der Waals surface area contributed by atoms with Crippen LogP contribution in [0.3, 0.4) is 0 Å². The van der Waals surface area contributed by atoms with Crippen molar-refractivity contribution in [1.82, 2.24) is 20.3 Å². The molecule has 33 heavy (non-hydrogen) atoms. The first-order chi connectivity index (χ1) is 16.2. The molecule has 0 bridgehead atoms. The smallest absolute Gasteiger partial charge is 0.225 e. The fourth-order valence-corrected chi connectivity index (χ4v) is 5.51. The molecule has 1 N–H and O–H groups in total. The Kier molecular flexibility index (Phi) is 4.96. The minimum Gasteiger partial charge on any atom is -0.340 e. The predicted molar refractivity (Wildman–Crippen MR) is 130 cm³/mol. The second-order valence-corrected chi connectivity index (χ2v) is 9.42. The van der Waals surface area contributed by atoms with Crippen LogP contribution in [0.15, 0.2) is 53.8 Å². The van der Waals surface area contributed by atoms with Gasteiger partial charge in [-0.25, -0.2) is 9.97 Å². The van der Waals surface area contributed by atoms with Gasteiger partial charge in [0.2, 0.25) is 5.95 Å². The van der Waals surface area contributed by atoms with Gasteiger partial charge in [-0.2, -0.15) is 10.4 Å². The number of likely N-dealkylation sites (N-methyl/N-ethyl adjacent to an activating group) is 1. The summed E-state index contributed by atoms with van der Waals surface area (Å²) >= 11 is 0. The lowest BCUT2D eigenvalue weighted by molar-refractivity contribution is 0.307. The maximum absolute atomic E-state index is 9.23. The highest BCUT2D eigenvalue weighted by atomic mass is 15.5. The molecule has 2 fully saturated rings. The number of hydrogen-bond acceptors (Lipinski definition) is 7. The number of anilines is 1. The van der Waals surface area contributed by atoms with E-state index < -0.39 is 0 Å². The number of hydrogen-bond donors (Lipinski definition) is 1. The van der Waals surface area contributed by atoms with E-state index in [-0.39, 0.29) is 12.0 Å². The number of fused-ring (bicyclic) bond motifs is 2. The number of piperidine rings is 1. The van der Waals surface area contributed by atoms with Crippen molar-refractivity contribution in [2.75, 3.05) is 38.1 Å². The monoisotopic (exact) mass is 437 g/mol. The van der Waals surface area contributed by atoms with Gasteiger partial charge in [0.25, 0.3) is 0 Å². The summed E-state index contributed by atoms with van der Waals surface area (Å²) in [6.45, 7) is 4.21. The van der Waals surface area contributed by atoms with Gasteiger partial charge in [-0.05, 0) is 49.1 Å². The Hall–Kier alpha value is -3.50. The minimum atomic E-state index is 0.248. The Morgan fingerprint density at radius 2 is 2.00 bits per heavy atom. The van der Waals surface area contributed by atoms with Crippen LogP contribution < -0.4 is 10.2 Å². The van der Waals surface area contributed by atoms with Crippen LogP contribution >= 0.6 is 0 Å². The van der Waals surface area contributed by atoms with E-state index in [1.807, 2.05) is 48.7 Å². The molecule has 4 heterocycles. The molecule has 166 valence electrons. The van der Waals surface area contributed by atoms with E-state index >= 15 is 0 Å². The molecule has 1 aromatic carbocycles. The number of nitrogens with one attached hydrogen (secondary N) is 1. The van der Waals surface area contributed by atoms with Gasteiger partial charge in [0.05, 0.1) is 23.4 Å². The summed E-state index contributed by atoms with van der Waals surface area (Å²) in [5.74, 6) is 2.48. The van der Waals surface area contributed by atoms with Gasteiger partial charge in [-0.1, -0.05) is 30.4 Å². The molecule has 2 aromatic rings. The molecule has 7 nitrogen and oxygen atoms in total. The molecule has 6 rings (SSSR count). The van der Waals surface area contributed by atoms with E-state index in [2.05, 4.69) is 39.6 Å². The highest BCUT2D eigenvalue weighted by Crippen LogP contribution is 2.35. The van der Waals surface area contributed by atoms with E-state index in [4.69, 9.17) is 9.97 Å². The van der Waals surface area contributed by atoms with Crippen LogP contribution in [0.4, 0.5) is 5.95 Å². The highest BCUT2D eigenvalue weighted by molar-refractivity contribution is 5.87.